The fourth-order valence-corrected chi connectivity index (χ4v) is 0.613. The van der Waals surface area contributed by atoms with Gasteiger partial charge >= 0.3 is 5.88 Å². The SMILES string of the molecule is Cc1nc(C#N)c([N+](=O)[O-])o1. The van der Waals surface area contributed by atoms with Gasteiger partial charge in [0.15, 0.2) is 5.89 Å². The molecule has 0 aliphatic carbocycles. The van der Waals surface area contributed by atoms with Crippen molar-refractivity contribution in [1.82, 2.24) is 4.98 Å². The molecule has 0 fully saturated rings. The third kappa shape index (κ3) is 1.16. The molecule has 0 bridgehead atoms. The molecule has 0 aliphatic rings. The predicted octanol–water partition coefficient (Wildman–Crippen LogP) is 0.763. The first kappa shape index (κ1) is 7.21. The Morgan fingerprint density at radius 3 is 2.82 bits per heavy atom. The quantitative estimate of drug-likeness (QED) is 0.438. The smallest absolute Gasteiger partial charge is 0.384 e. The second-order valence-corrected chi connectivity index (χ2v) is 1.76. The maximum absolute atomic E-state index is 10.1. The van der Waals surface area contributed by atoms with Gasteiger partial charge in [0.1, 0.15) is 11.0 Å². The maximum Gasteiger partial charge on any atom is 0.471 e. The lowest BCUT2D eigenvalue weighted by molar-refractivity contribution is -0.402. The summed E-state index contributed by atoms with van der Waals surface area (Å²) in [4.78, 5) is 12.8. The van der Waals surface area contributed by atoms with Crippen molar-refractivity contribution in [3.63, 3.8) is 0 Å². The lowest BCUT2D eigenvalue weighted by atomic mass is 10.5. The van der Waals surface area contributed by atoms with E-state index < -0.39 is 10.8 Å². The van der Waals surface area contributed by atoms with Crippen LogP contribution < -0.4 is 0 Å². The number of nitrogens with zero attached hydrogens (tertiary/aromatic N) is 3. The summed E-state index contributed by atoms with van der Waals surface area (Å²) >= 11 is 0. The first-order chi connectivity index (χ1) is 5.15. The Morgan fingerprint density at radius 1 is 1.82 bits per heavy atom. The highest BCUT2D eigenvalue weighted by atomic mass is 16.6. The number of rotatable bonds is 1. The van der Waals surface area contributed by atoms with Gasteiger partial charge in [0, 0.05) is 6.92 Å². The van der Waals surface area contributed by atoms with E-state index in [0.717, 1.165) is 0 Å². The first-order valence-corrected chi connectivity index (χ1v) is 2.67. The van der Waals surface area contributed by atoms with Crippen LogP contribution in [0.15, 0.2) is 4.42 Å². The van der Waals surface area contributed by atoms with Gasteiger partial charge in [0.25, 0.3) is 5.69 Å². The van der Waals surface area contributed by atoms with E-state index >= 15 is 0 Å². The molecule has 1 aromatic rings. The maximum atomic E-state index is 10.1. The standard InChI is InChI=1S/C5H3N3O3/c1-3-7-4(2-6)5(11-3)8(9)10/h1H3. The lowest BCUT2D eigenvalue weighted by Crippen LogP contribution is -1.87. The largest absolute Gasteiger partial charge is 0.471 e. The average Bonchev–Trinajstić information content (AvgIpc) is 2.30. The van der Waals surface area contributed by atoms with E-state index in [1.807, 2.05) is 0 Å². The highest BCUT2D eigenvalue weighted by Crippen LogP contribution is 2.17. The zero-order chi connectivity index (χ0) is 8.43. The number of hydrogen-bond donors (Lipinski definition) is 0. The molecule has 11 heavy (non-hydrogen) atoms. The summed E-state index contributed by atoms with van der Waals surface area (Å²) in [5.74, 6) is -0.474. The van der Waals surface area contributed by atoms with Crippen LogP contribution in [0.5, 0.6) is 0 Å². The normalized spacial score (nSPS) is 9.09. The van der Waals surface area contributed by atoms with Crippen molar-refractivity contribution in [3.05, 3.63) is 21.7 Å². The van der Waals surface area contributed by atoms with Crippen molar-refractivity contribution in [2.24, 2.45) is 0 Å². The molecule has 0 atom stereocenters. The van der Waals surface area contributed by atoms with E-state index in [1.54, 1.807) is 6.07 Å². The molecular weight excluding hydrogens is 150 g/mol. The van der Waals surface area contributed by atoms with Gasteiger partial charge in [0.2, 0.25) is 0 Å². The Bertz CT molecular complexity index is 335. The highest BCUT2D eigenvalue weighted by Gasteiger charge is 2.21. The van der Waals surface area contributed by atoms with Crippen LogP contribution in [0.1, 0.15) is 11.6 Å². The first-order valence-electron chi connectivity index (χ1n) is 2.67. The van der Waals surface area contributed by atoms with Crippen LogP contribution in [0, 0.1) is 28.4 Å². The zero-order valence-corrected chi connectivity index (χ0v) is 5.57. The van der Waals surface area contributed by atoms with Crippen molar-refractivity contribution >= 4 is 5.88 Å². The molecule has 6 nitrogen and oxygen atoms in total. The van der Waals surface area contributed by atoms with E-state index in [-0.39, 0.29) is 11.6 Å². The number of aryl methyl sites for hydroxylation is 1. The van der Waals surface area contributed by atoms with Gasteiger partial charge in [0.05, 0.1) is 0 Å². The Hall–Kier alpha value is -1.90. The second-order valence-electron chi connectivity index (χ2n) is 1.76. The molecule has 1 aromatic heterocycles. The molecule has 0 saturated heterocycles. The topological polar surface area (TPSA) is 93.0 Å². The zero-order valence-electron chi connectivity index (χ0n) is 5.57. The van der Waals surface area contributed by atoms with Crippen LogP contribution in [0.3, 0.4) is 0 Å². The molecule has 0 N–H and O–H groups in total. The lowest BCUT2D eigenvalue weighted by Gasteiger charge is -1.79. The third-order valence-electron chi connectivity index (χ3n) is 0.988. The molecule has 0 aliphatic heterocycles. The number of hydrogen-bond acceptors (Lipinski definition) is 5. The molecule has 1 rings (SSSR count). The molecule has 6 heteroatoms. The van der Waals surface area contributed by atoms with Gasteiger partial charge in [-0.25, -0.2) is 0 Å². The van der Waals surface area contributed by atoms with Gasteiger partial charge in [-0.15, -0.1) is 0 Å². The predicted molar refractivity (Wildman–Crippen MR) is 32.6 cm³/mol. The van der Waals surface area contributed by atoms with Crippen molar-refractivity contribution in [2.75, 3.05) is 0 Å². The van der Waals surface area contributed by atoms with Crippen LogP contribution in [0.2, 0.25) is 0 Å². The van der Waals surface area contributed by atoms with E-state index in [4.69, 9.17) is 5.26 Å². The fourth-order valence-electron chi connectivity index (χ4n) is 0.613. The minimum atomic E-state index is -0.779. The minimum absolute atomic E-state index is 0.119. The monoisotopic (exact) mass is 153 g/mol. The summed E-state index contributed by atoms with van der Waals surface area (Å²) in [5, 5.41) is 18.4. The second kappa shape index (κ2) is 2.38. The minimum Gasteiger partial charge on any atom is -0.384 e. The fraction of sp³-hybridized carbons (Fsp3) is 0.200. The van der Waals surface area contributed by atoms with Crippen LogP contribution in [-0.4, -0.2) is 9.91 Å². The summed E-state index contributed by atoms with van der Waals surface area (Å²) in [6.07, 6.45) is 0. The summed E-state index contributed by atoms with van der Waals surface area (Å²) in [6, 6.07) is 1.55. The molecular formula is C5H3N3O3. The number of nitriles is 1. The van der Waals surface area contributed by atoms with Gasteiger partial charge in [-0.1, -0.05) is 0 Å². The van der Waals surface area contributed by atoms with Gasteiger partial charge < -0.3 is 4.42 Å². The average molecular weight is 153 g/mol. The van der Waals surface area contributed by atoms with E-state index in [0.29, 0.717) is 0 Å². The molecule has 0 spiro atoms. The molecule has 0 radical (unpaired) electrons. The molecule has 0 saturated carbocycles. The van der Waals surface area contributed by atoms with E-state index in [2.05, 4.69) is 9.40 Å². The molecule has 0 amide bonds. The summed E-state index contributed by atoms with van der Waals surface area (Å²) in [5.41, 5.74) is -0.285. The van der Waals surface area contributed by atoms with Crippen molar-refractivity contribution < 1.29 is 9.34 Å². The summed E-state index contributed by atoms with van der Waals surface area (Å²) in [6.45, 7) is 1.44. The van der Waals surface area contributed by atoms with Crippen molar-refractivity contribution in [3.8, 4) is 6.07 Å². The number of aromatic nitrogens is 1. The number of oxazole rings is 1. The Kier molecular flexibility index (Phi) is 1.56. The van der Waals surface area contributed by atoms with Gasteiger partial charge in [-0.05, 0) is 0 Å². The Labute approximate surface area is 61.2 Å². The summed E-state index contributed by atoms with van der Waals surface area (Å²) in [7, 11) is 0. The van der Waals surface area contributed by atoms with Gasteiger partial charge in [-0.2, -0.15) is 10.2 Å². The van der Waals surface area contributed by atoms with E-state index in [1.165, 1.54) is 6.92 Å². The molecule has 0 unspecified atom stereocenters. The highest BCUT2D eigenvalue weighted by molar-refractivity contribution is 5.34. The van der Waals surface area contributed by atoms with Crippen LogP contribution in [-0.2, 0) is 0 Å². The molecule has 1 heterocycles. The third-order valence-corrected chi connectivity index (χ3v) is 0.988. The molecule has 56 valence electrons. The summed E-state index contributed by atoms with van der Waals surface area (Å²) < 4.78 is 4.53. The number of nitro groups is 1. The van der Waals surface area contributed by atoms with Crippen LogP contribution in [0.25, 0.3) is 0 Å². The Morgan fingerprint density at radius 2 is 2.45 bits per heavy atom. The van der Waals surface area contributed by atoms with Crippen LogP contribution in [0.4, 0.5) is 5.88 Å². The van der Waals surface area contributed by atoms with Gasteiger partial charge in [-0.3, -0.25) is 10.1 Å². The van der Waals surface area contributed by atoms with Crippen molar-refractivity contribution in [1.29, 1.82) is 5.26 Å². The Balaban J connectivity index is 3.26. The van der Waals surface area contributed by atoms with Crippen molar-refractivity contribution in [2.45, 2.75) is 6.92 Å². The molecule has 0 aromatic carbocycles. The van der Waals surface area contributed by atoms with E-state index in [9.17, 15) is 10.1 Å². The van der Waals surface area contributed by atoms with Crippen LogP contribution >= 0.6 is 0 Å².